The van der Waals surface area contributed by atoms with Gasteiger partial charge in [0.15, 0.2) is 0 Å². The predicted molar refractivity (Wildman–Crippen MR) is 218 cm³/mol. The number of benzene rings is 8. The van der Waals surface area contributed by atoms with Gasteiger partial charge in [-0.2, -0.15) is 0 Å². The van der Waals surface area contributed by atoms with Crippen LogP contribution in [0.2, 0.25) is 0 Å². The lowest BCUT2D eigenvalue weighted by atomic mass is 9.89. The second-order valence-corrected chi connectivity index (χ2v) is 13.2. The third-order valence-corrected chi connectivity index (χ3v) is 10.1. The number of furan rings is 1. The molecule has 10 aromatic rings. The largest absolute Gasteiger partial charge is 0.437 e. The van der Waals surface area contributed by atoms with Crippen LogP contribution in [-0.2, 0) is 0 Å². The van der Waals surface area contributed by atoms with Crippen LogP contribution in [-0.4, -0.2) is 4.98 Å². The molecule has 10 rings (SSSR count). The zero-order chi connectivity index (χ0) is 34.4. The average Bonchev–Trinajstić information content (AvgIpc) is 3.61. The number of anilines is 3. The lowest BCUT2D eigenvalue weighted by Gasteiger charge is -2.26. The smallest absolute Gasteiger partial charge is 0.227 e. The van der Waals surface area contributed by atoms with E-state index in [9.17, 15) is 0 Å². The minimum atomic E-state index is 0.655. The maximum Gasteiger partial charge on any atom is 0.227 e. The molecular formula is C49H32N2O. The van der Waals surface area contributed by atoms with Crippen molar-refractivity contribution >= 4 is 60.7 Å². The van der Waals surface area contributed by atoms with E-state index in [4.69, 9.17) is 4.42 Å². The molecule has 244 valence electrons. The van der Waals surface area contributed by atoms with E-state index in [0.29, 0.717) is 5.71 Å². The van der Waals surface area contributed by atoms with E-state index >= 15 is 0 Å². The fraction of sp³-hybridized carbons (Fsp3) is 0. The summed E-state index contributed by atoms with van der Waals surface area (Å²) in [6, 6.07) is 67.2. The van der Waals surface area contributed by atoms with Gasteiger partial charge in [-0.3, -0.25) is 0 Å². The predicted octanol–water partition coefficient (Wildman–Crippen LogP) is 13.8. The molecule has 0 aliphatic carbocycles. The molecule has 0 fully saturated rings. The van der Waals surface area contributed by atoms with E-state index in [1.165, 1.54) is 44.2 Å². The SMILES string of the molecule is c1ccc(-c2ccc(N(c3ccc(-c4c(-c5ccccc5)ccc5ccccc45)cc3)c3ccc4ccc5c6cccnc6oc5c4c3)cc2)cc1. The van der Waals surface area contributed by atoms with Crippen LogP contribution in [0, 0.1) is 0 Å². The van der Waals surface area contributed by atoms with Crippen molar-refractivity contribution in [3.63, 3.8) is 0 Å². The lowest BCUT2D eigenvalue weighted by Crippen LogP contribution is -2.10. The molecular weight excluding hydrogens is 633 g/mol. The van der Waals surface area contributed by atoms with Gasteiger partial charge in [0.1, 0.15) is 5.58 Å². The normalized spacial score (nSPS) is 11.5. The third kappa shape index (κ3) is 5.10. The van der Waals surface area contributed by atoms with Crippen LogP contribution >= 0.6 is 0 Å². The van der Waals surface area contributed by atoms with E-state index in [1.807, 2.05) is 6.07 Å². The Morgan fingerprint density at radius 3 is 1.73 bits per heavy atom. The number of pyridine rings is 1. The van der Waals surface area contributed by atoms with Gasteiger partial charge in [0.2, 0.25) is 5.71 Å². The summed E-state index contributed by atoms with van der Waals surface area (Å²) in [5.74, 6) is 0. The van der Waals surface area contributed by atoms with Gasteiger partial charge in [-0.15, -0.1) is 0 Å². The molecule has 0 atom stereocenters. The summed E-state index contributed by atoms with van der Waals surface area (Å²) in [7, 11) is 0. The maximum atomic E-state index is 6.39. The summed E-state index contributed by atoms with van der Waals surface area (Å²) < 4.78 is 6.39. The first-order valence-electron chi connectivity index (χ1n) is 17.6. The number of nitrogens with zero attached hydrogens (tertiary/aromatic N) is 2. The minimum absolute atomic E-state index is 0.655. The molecule has 0 radical (unpaired) electrons. The Hall–Kier alpha value is -6.97. The Morgan fingerprint density at radius 1 is 0.385 bits per heavy atom. The fourth-order valence-electron chi connectivity index (χ4n) is 7.61. The van der Waals surface area contributed by atoms with Gasteiger partial charge in [-0.1, -0.05) is 133 Å². The number of aromatic nitrogens is 1. The van der Waals surface area contributed by atoms with Crippen LogP contribution in [0.15, 0.2) is 199 Å². The molecule has 0 aliphatic heterocycles. The van der Waals surface area contributed by atoms with Gasteiger partial charge < -0.3 is 9.32 Å². The zero-order valence-corrected chi connectivity index (χ0v) is 28.3. The van der Waals surface area contributed by atoms with Crippen molar-refractivity contribution in [3.05, 3.63) is 194 Å². The van der Waals surface area contributed by atoms with Crippen molar-refractivity contribution in [2.75, 3.05) is 4.90 Å². The van der Waals surface area contributed by atoms with Crippen molar-refractivity contribution < 1.29 is 4.42 Å². The van der Waals surface area contributed by atoms with Gasteiger partial charge >= 0.3 is 0 Å². The molecule has 0 N–H and O–H groups in total. The molecule has 52 heavy (non-hydrogen) atoms. The maximum absolute atomic E-state index is 6.39. The average molecular weight is 665 g/mol. The highest BCUT2D eigenvalue weighted by atomic mass is 16.3. The monoisotopic (exact) mass is 664 g/mol. The number of hydrogen-bond acceptors (Lipinski definition) is 3. The van der Waals surface area contributed by atoms with Crippen molar-refractivity contribution in [1.82, 2.24) is 4.98 Å². The van der Waals surface area contributed by atoms with Crippen molar-refractivity contribution in [2.45, 2.75) is 0 Å². The third-order valence-electron chi connectivity index (χ3n) is 10.1. The van der Waals surface area contributed by atoms with Crippen LogP contribution in [0.5, 0.6) is 0 Å². The van der Waals surface area contributed by atoms with Gasteiger partial charge in [-0.05, 0) is 104 Å². The molecule has 0 saturated heterocycles. The molecule has 0 spiro atoms. The highest BCUT2D eigenvalue weighted by molar-refractivity contribution is 6.15. The number of hydrogen-bond donors (Lipinski definition) is 0. The summed E-state index contributed by atoms with van der Waals surface area (Å²) in [5, 5.41) is 6.74. The topological polar surface area (TPSA) is 29.3 Å². The molecule has 8 aromatic carbocycles. The molecule has 0 bridgehead atoms. The first kappa shape index (κ1) is 29.9. The van der Waals surface area contributed by atoms with E-state index in [-0.39, 0.29) is 0 Å². The zero-order valence-electron chi connectivity index (χ0n) is 28.3. The molecule has 2 heterocycles. The molecule has 0 aliphatic rings. The summed E-state index contributed by atoms with van der Waals surface area (Å²) in [6.45, 7) is 0. The van der Waals surface area contributed by atoms with E-state index in [1.54, 1.807) is 6.20 Å². The molecule has 0 saturated carbocycles. The van der Waals surface area contributed by atoms with Crippen molar-refractivity contribution in [3.8, 4) is 33.4 Å². The van der Waals surface area contributed by atoms with Gasteiger partial charge in [0.25, 0.3) is 0 Å². The van der Waals surface area contributed by atoms with E-state index < -0.39 is 0 Å². The Balaban J connectivity index is 1.14. The van der Waals surface area contributed by atoms with Gasteiger partial charge in [-0.25, -0.2) is 4.98 Å². The summed E-state index contributed by atoms with van der Waals surface area (Å²) in [5.41, 5.74) is 11.9. The van der Waals surface area contributed by atoms with E-state index in [2.05, 4.69) is 192 Å². The Morgan fingerprint density at radius 2 is 0.962 bits per heavy atom. The number of rotatable bonds is 6. The first-order valence-corrected chi connectivity index (χ1v) is 17.6. The van der Waals surface area contributed by atoms with Crippen molar-refractivity contribution in [1.29, 1.82) is 0 Å². The van der Waals surface area contributed by atoms with Gasteiger partial charge in [0, 0.05) is 39.4 Å². The summed E-state index contributed by atoms with van der Waals surface area (Å²) >= 11 is 0. The highest BCUT2D eigenvalue weighted by Crippen LogP contribution is 2.43. The Kier molecular flexibility index (Phi) is 7.14. The molecule has 3 heteroatoms. The quantitative estimate of drug-likeness (QED) is 0.177. The van der Waals surface area contributed by atoms with Crippen LogP contribution in [0.1, 0.15) is 0 Å². The summed E-state index contributed by atoms with van der Waals surface area (Å²) in [6.07, 6.45) is 1.78. The van der Waals surface area contributed by atoms with Crippen LogP contribution in [0.25, 0.3) is 77.0 Å². The van der Waals surface area contributed by atoms with Gasteiger partial charge in [0.05, 0.1) is 0 Å². The minimum Gasteiger partial charge on any atom is -0.437 e. The molecule has 2 aromatic heterocycles. The summed E-state index contributed by atoms with van der Waals surface area (Å²) in [4.78, 5) is 6.84. The van der Waals surface area contributed by atoms with Crippen molar-refractivity contribution in [2.24, 2.45) is 0 Å². The van der Waals surface area contributed by atoms with Crippen LogP contribution in [0.4, 0.5) is 17.1 Å². The number of fused-ring (bicyclic) bond motifs is 6. The molecule has 0 amide bonds. The molecule has 0 unspecified atom stereocenters. The van der Waals surface area contributed by atoms with Crippen LogP contribution < -0.4 is 4.90 Å². The molecule has 3 nitrogen and oxygen atoms in total. The highest BCUT2D eigenvalue weighted by Gasteiger charge is 2.18. The van der Waals surface area contributed by atoms with Crippen LogP contribution in [0.3, 0.4) is 0 Å². The second-order valence-electron chi connectivity index (χ2n) is 13.2. The van der Waals surface area contributed by atoms with E-state index in [0.717, 1.165) is 44.2 Å². The Labute approximate surface area is 301 Å². The Bertz CT molecular complexity index is 2880. The first-order chi connectivity index (χ1) is 25.8. The fourth-order valence-corrected chi connectivity index (χ4v) is 7.61. The standard InChI is InChI=1S/C49H32N2O/c1-3-10-33(11-4-1)34-17-24-39(25-18-34)51(41-28-19-37-23-30-44-45-16-9-31-50-49(45)52-48(44)46(37)32-41)40-26-20-38(21-27-40)47-42-15-8-7-14-36(42)22-29-43(47)35-12-5-2-6-13-35/h1-32H. The lowest BCUT2D eigenvalue weighted by molar-refractivity contribution is 0.657. The second kappa shape index (κ2) is 12.4.